The summed E-state index contributed by atoms with van der Waals surface area (Å²) in [4.78, 5) is -1.03. The van der Waals surface area contributed by atoms with Gasteiger partial charge in [-0.2, -0.15) is 0 Å². The van der Waals surface area contributed by atoms with Crippen molar-refractivity contribution in [1.82, 2.24) is 0 Å². The molecule has 0 bridgehead atoms. The van der Waals surface area contributed by atoms with Crippen molar-refractivity contribution in [1.29, 1.82) is 0 Å². The van der Waals surface area contributed by atoms with Crippen LogP contribution in [0.1, 0.15) is 13.8 Å². The molecule has 0 aliphatic carbocycles. The molecule has 0 aromatic heterocycles. The summed E-state index contributed by atoms with van der Waals surface area (Å²) in [6.07, 6.45) is -2.28. The topological polar surface area (TPSA) is 88.5 Å². The Bertz CT molecular complexity index is 854. The summed E-state index contributed by atoms with van der Waals surface area (Å²) in [5, 5.41) is 10.3. The van der Waals surface area contributed by atoms with Crippen molar-refractivity contribution in [3.05, 3.63) is 60.7 Å². The standard InChI is InChI=1S/C17H19FO5S2/c1-13(2)16(19)17(18,24(20,21)14-9-5-3-6-10-14)25(22,23)15-11-7-4-8-12-15/h3-13,16,19H,1-2H3. The van der Waals surface area contributed by atoms with E-state index in [9.17, 15) is 21.9 Å². The lowest BCUT2D eigenvalue weighted by Gasteiger charge is -2.31. The minimum absolute atomic E-state index is 0.517. The SMILES string of the molecule is CC(C)C(O)C(F)(S(=O)(=O)c1ccccc1)S(=O)(=O)c1ccccc1. The zero-order chi connectivity index (χ0) is 18.9. The van der Waals surface area contributed by atoms with Crippen LogP contribution in [-0.4, -0.2) is 32.4 Å². The fourth-order valence-electron chi connectivity index (χ4n) is 2.38. The molecule has 1 N–H and O–H groups in total. The second kappa shape index (κ2) is 6.86. The van der Waals surface area contributed by atoms with Crippen LogP contribution in [0, 0.1) is 5.92 Å². The van der Waals surface area contributed by atoms with Gasteiger partial charge in [-0.05, 0) is 30.2 Å². The first-order valence-corrected chi connectivity index (χ1v) is 10.5. The number of benzene rings is 2. The third-order valence-electron chi connectivity index (χ3n) is 3.82. The number of rotatable bonds is 6. The Kier molecular flexibility index (Phi) is 5.36. The molecule has 5 nitrogen and oxygen atoms in total. The van der Waals surface area contributed by atoms with Gasteiger partial charge in [0.15, 0.2) is 0 Å². The van der Waals surface area contributed by atoms with E-state index in [2.05, 4.69) is 0 Å². The highest BCUT2D eigenvalue weighted by Gasteiger charge is 2.63. The molecule has 2 rings (SSSR count). The van der Waals surface area contributed by atoms with E-state index in [0.29, 0.717) is 0 Å². The molecular weight excluding hydrogens is 367 g/mol. The van der Waals surface area contributed by atoms with E-state index < -0.39 is 45.8 Å². The largest absolute Gasteiger partial charge is 0.387 e. The molecule has 0 aliphatic rings. The van der Waals surface area contributed by atoms with E-state index in [0.717, 1.165) is 24.3 Å². The summed E-state index contributed by atoms with van der Waals surface area (Å²) < 4.78 is 63.6. The molecule has 2 aromatic rings. The molecule has 0 spiro atoms. The normalized spacial score (nSPS) is 14.4. The summed E-state index contributed by atoms with van der Waals surface area (Å²) >= 11 is 0. The number of alkyl halides is 1. The summed E-state index contributed by atoms with van der Waals surface area (Å²) in [7, 11) is -10.1. The van der Waals surface area contributed by atoms with Crippen molar-refractivity contribution in [2.24, 2.45) is 5.92 Å². The van der Waals surface area contributed by atoms with Gasteiger partial charge in [-0.1, -0.05) is 50.2 Å². The van der Waals surface area contributed by atoms with Crippen LogP contribution >= 0.6 is 0 Å². The second-order valence-corrected chi connectivity index (χ2v) is 10.3. The molecule has 0 saturated heterocycles. The Morgan fingerprint density at radius 2 is 1.12 bits per heavy atom. The van der Waals surface area contributed by atoms with Gasteiger partial charge >= 0.3 is 4.33 Å². The molecule has 8 heteroatoms. The van der Waals surface area contributed by atoms with Gasteiger partial charge in [0.1, 0.15) is 6.10 Å². The fourth-order valence-corrected chi connectivity index (χ4v) is 6.97. The molecule has 0 aliphatic heterocycles. The molecule has 0 saturated carbocycles. The minimum Gasteiger partial charge on any atom is -0.387 e. The van der Waals surface area contributed by atoms with E-state index in [1.165, 1.54) is 50.2 Å². The van der Waals surface area contributed by atoms with Crippen LogP contribution in [0.5, 0.6) is 0 Å². The predicted octanol–water partition coefficient (Wildman–Crippen LogP) is 2.57. The molecule has 136 valence electrons. The van der Waals surface area contributed by atoms with Crippen LogP contribution in [0.2, 0.25) is 0 Å². The monoisotopic (exact) mass is 386 g/mol. The van der Waals surface area contributed by atoms with Crippen LogP contribution in [0.3, 0.4) is 0 Å². The molecule has 0 amide bonds. The van der Waals surface area contributed by atoms with Gasteiger partial charge in [0.2, 0.25) is 19.7 Å². The average Bonchev–Trinajstić information content (AvgIpc) is 2.61. The number of hydrogen-bond acceptors (Lipinski definition) is 5. The Labute approximate surface area is 147 Å². The second-order valence-electron chi connectivity index (χ2n) is 5.90. The molecule has 1 atom stereocenters. The van der Waals surface area contributed by atoms with Gasteiger partial charge in [-0.25, -0.2) is 21.2 Å². The molecule has 0 radical (unpaired) electrons. The van der Waals surface area contributed by atoms with E-state index in [1.54, 1.807) is 0 Å². The summed E-state index contributed by atoms with van der Waals surface area (Å²) in [5.41, 5.74) is 0. The first-order chi connectivity index (χ1) is 11.6. The first-order valence-electron chi connectivity index (χ1n) is 7.53. The number of halogens is 1. The highest BCUT2D eigenvalue weighted by molar-refractivity contribution is 8.10. The van der Waals surface area contributed by atoms with Crippen molar-refractivity contribution in [3.8, 4) is 0 Å². The van der Waals surface area contributed by atoms with Crippen LogP contribution in [0.25, 0.3) is 0 Å². The molecule has 25 heavy (non-hydrogen) atoms. The Balaban J connectivity index is 2.81. The third kappa shape index (κ3) is 3.09. The maximum atomic E-state index is 15.9. The molecule has 0 fully saturated rings. The average molecular weight is 386 g/mol. The highest BCUT2D eigenvalue weighted by Crippen LogP contribution is 2.41. The molecular formula is C17H19FO5S2. The Morgan fingerprint density at radius 3 is 1.40 bits per heavy atom. The van der Waals surface area contributed by atoms with E-state index >= 15 is 4.39 Å². The Hall–Kier alpha value is -1.77. The lowest BCUT2D eigenvalue weighted by molar-refractivity contribution is 0.0558. The molecule has 0 heterocycles. The molecule has 1 unspecified atom stereocenters. The van der Waals surface area contributed by atoms with Crippen LogP contribution < -0.4 is 0 Å². The van der Waals surface area contributed by atoms with Crippen LogP contribution in [-0.2, 0) is 19.7 Å². The van der Waals surface area contributed by atoms with Crippen molar-refractivity contribution >= 4 is 19.7 Å². The van der Waals surface area contributed by atoms with Crippen LogP contribution in [0.4, 0.5) is 4.39 Å². The summed E-state index contributed by atoms with van der Waals surface area (Å²) in [5.74, 6) is -0.957. The predicted molar refractivity (Wildman–Crippen MR) is 91.9 cm³/mol. The van der Waals surface area contributed by atoms with Gasteiger partial charge in [0.25, 0.3) is 0 Å². The van der Waals surface area contributed by atoms with Crippen molar-refractivity contribution in [2.75, 3.05) is 0 Å². The van der Waals surface area contributed by atoms with Gasteiger partial charge in [-0.3, -0.25) is 0 Å². The minimum atomic E-state index is -5.06. The van der Waals surface area contributed by atoms with Gasteiger partial charge in [0, 0.05) is 0 Å². The molecule has 2 aromatic carbocycles. The highest BCUT2D eigenvalue weighted by atomic mass is 32.3. The number of aliphatic hydroxyl groups is 1. The van der Waals surface area contributed by atoms with Crippen molar-refractivity contribution in [3.63, 3.8) is 0 Å². The van der Waals surface area contributed by atoms with E-state index in [1.807, 2.05) is 0 Å². The van der Waals surface area contributed by atoms with Gasteiger partial charge in [0.05, 0.1) is 9.79 Å². The lowest BCUT2D eigenvalue weighted by Crippen LogP contribution is -2.53. The maximum Gasteiger partial charge on any atom is 0.343 e. The fraction of sp³-hybridized carbons (Fsp3) is 0.294. The van der Waals surface area contributed by atoms with Crippen LogP contribution in [0.15, 0.2) is 70.5 Å². The van der Waals surface area contributed by atoms with Gasteiger partial charge in [-0.15, -0.1) is 0 Å². The summed E-state index contributed by atoms with van der Waals surface area (Å²) in [6.45, 7) is 2.69. The van der Waals surface area contributed by atoms with E-state index in [4.69, 9.17) is 0 Å². The van der Waals surface area contributed by atoms with Crippen molar-refractivity contribution in [2.45, 2.75) is 34.1 Å². The summed E-state index contributed by atoms with van der Waals surface area (Å²) in [6, 6.07) is 12.8. The Morgan fingerprint density at radius 1 is 0.800 bits per heavy atom. The zero-order valence-electron chi connectivity index (χ0n) is 13.7. The van der Waals surface area contributed by atoms with Crippen molar-refractivity contribution < 1.29 is 26.3 Å². The maximum absolute atomic E-state index is 15.9. The quantitative estimate of drug-likeness (QED) is 0.824. The smallest absolute Gasteiger partial charge is 0.343 e. The van der Waals surface area contributed by atoms with E-state index in [-0.39, 0.29) is 0 Å². The first kappa shape index (κ1) is 19.6. The lowest BCUT2D eigenvalue weighted by atomic mass is 10.1. The third-order valence-corrected chi connectivity index (χ3v) is 8.88. The van der Waals surface area contributed by atoms with Gasteiger partial charge < -0.3 is 5.11 Å². The zero-order valence-corrected chi connectivity index (χ0v) is 15.3. The number of hydrogen-bond donors (Lipinski definition) is 1. The number of aliphatic hydroxyl groups excluding tert-OH is 1. The number of sulfone groups is 2.